The SMILES string of the molecule is COC(=O)c1cccc(OCc2ccc(S(=O)(=O)N3CCCC3)o2)c1. The Hall–Kier alpha value is -2.32. The molecule has 134 valence electrons. The Morgan fingerprint density at radius 1 is 1.20 bits per heavy atom. The van der Waals surface area contributed by atoms with E-state index in [1.54, 1.807) is 30.3 Å². The van der Waals surface area contributed by atoms with Gasteiger partial charge < -0.3 is 13.9 Å². The number of rotatable bonds is 6. The molecule has 2 heterocycles. The largest absolute Gasteiger partial charge is 0.486 e. The molecule has 1 saturated heterocycles. The molecule has 25 heavy (non-hydrogen) atoms. The number of hydrogen-bond acceptors (Lipinski definition) is 6. The molecule has 1 aromatic carbocycles. The minimum Gasteiger partial charge on any atom is -0.486 e. The van der Waals surface area contributed by atoms with Crippen molar-refractivity contribution >= 4 is 16.0 Å². The average Bonchev–Trinajstić information content (AvgIpc) is 3.31. The first-order valence-electron chi connectivity index (χ1n) is 7.91. The summed E-state index contributed by atoms with van der Waals surface area (Å²) in [5, 5.41) is -0.0729. The molecule has 2 aromatic rings. The number of esters is 1. The third-order valence-electron chi connectivity index (χ3n) is 3.93. The molecule has 8 heteroatoms. The average molecular weight is 365 g/mol. The smallest absolute Gasteiger partial charge is 0.337 e. The van der Waals surface area contributed by atoms with Gasteiger partial charge in [0.15, 0.2) is 0 Å². The second-order valence-corrected chi connectivity index (χ2v) is 7.51. The summed E-state index contributed by atoms with van der Waals surface area (Å²) in [6, 6.07) is 9.55. The summed E-state index contributed by atoms with van der Waals surface area (Å²) < 4.78 is 41.9. The van der Waals surface area contributed by atoms with Crippen LogP contribution in [-0.2, 0) is 21.4 Å². The minimum absolute atomic E-state index is 0.0557. The van der Waals surface area contributed by atoms with Crippen LogP contribution in [0.2, 0.25) is 0 Å². The monoisotopic (exact) mass is 365 g/mol. The number of nitrogens with zero attached hydrogens (tertiary/aromatic N) is 1. The van der Waals surface area contributed by atoms with Crippen LogP contribution in [-0.4, -0.2) is 38.9 Å². The molecule has 0 N–H and O–H groups in total. The van der Waals surface area contributed by atoms with Crippen molar-refractivity contribution in [1.82, 2.24) is 4.31 Å². The molecule has 0 atom stereocenters. The third-order valence-corrected chi connectivity index (χ3v) is 5.71. The molecule has 7 nitrogen and oxygen atoms in total. The van der Waals surface area contributed by atoms with E-state index >= 15 is 0 Å². The van der Waals surface area contributed by atoms with Gasteiger partial charge in [0.05, 0.1) is 12.7 Å². The van der Waals surface area contributed by atoms with E-state index < -0.39 is 16.0 Å². The van der Waals surface area contributed by atoms with E-state index in [-0.39, 0.29) is 11.7 Å². The highest BCUT2D eigenvalue weighted by Gasteiger charge is 2.29. The maximum absolute atomic E-state index is 12.4. The lowest BCUT2D eigenvalue weighted by atomic mass is 10.2. The molecular weight excluding hydrogens is 346 g/mol. The van der Waals surface area contributed by atoms with Crippen LogP contribution in [0.25, 0.3) is 0 Å². The minimum atomic E-state index is -3.57. The van der Waals surface area contributed by atoms with E-state index in [2.05, 4.69) is 4.74 Å². The van der Waals surface area contributed by atoms with E-state index in [1.807, 2.05) is 0 Å². The van der Waals surface area contributed by atoms with E-state index in [1.165, 1.54) is 17.5 Å². The van der Waals surface area contributed by atoms with E-state index in [4.69, 9.17) is 9.15 Å². The molecule has 0 bridgehead atoms. The summed E-state index contributed by atoms with van der Waals surface area (Å²) in [5.74, 6) is 0.395. The molecule has 0 amide bonds. The van der Waals surface area contributed by atoms with Gasteiger partial charge in [0.1, 0.15) is 18.1 Å². The van der Waals surface area contributed by atoms with Crippen LogP contribution in [0.5, 0.6) is 5.75 Å². The number of carbonyl (C=O) groups excluding carboxylic acids is 1. The standard InChI is InChI=1S/C17H19NO6S/c1-22-17(19)13-5-4-6-14(11-13)23-12-15-7-8-16(24-15)25(20,21)18-9-2-3-10-18/h4-8,11H,2-3,9-10,12H2,1H3. The summed E-state index contributed by atoms with van der Waals surface area (Å²) in [4.78, 5) is 11.5. The van der Waals surface area contributed by atoms with Gasteiger partial charge in [-0.05, 0) is 43.2 Å². The van der Waals surface area contributed by atoms with Crippen molar-refractivity contribution in [1.29, 1.82) is 0 Å². The zero-order valence-corrected chi connectivity index (χ0v) is 14.6. The van der Waals surface area contributed by atoms with Gasteiger partial charge in [-0.3, -0.25) is 0 Å². The molecule has 1 aliphatic heterocycles. The van der Waals surface area contributed by atoms with Gasteiger partial charge in [0.2, 0.25) is 5.09 Å². The van der Waals surface area contributed by atoms with Crippen molar-refractivity contribution in [2.45, 2.75) is 24.5 Å². The summed E-state index contributed by atoms with van der Waals surface area (Å²) in [6.45, 7) is 1.10. The molecule has 1 fully saturated rings. The van der Waals surface area contributed by atoms with E-state index in [9.17, 15) is 13.2 Å². The van der Waals surface area contributed by atoms with Crippen LogP contribution in [0.3, 0.4) is 0 Å². The van der Waals surface area contributed by atoms with Crippen molar-refractivity contribution in [3.8, 4) is 5.75 Å². The number of benzene rings is 1. The van der Waals surface area contributed by atoms with Gasteiger partial charge in [0.25, 0.3) is 10.0 Å². The summed E-state index contributed by atoms with van der Waals surface area (Å²) in [5.41, 5.74) is 0.372. The Bertz CT molecular complexity index is 852. The number of hydrogen-bond donors (Lipinski definition) is 0. The Labute approximate surface area is 146 Å². The summed E-state index contributed by atoms with van der Waals surface area (Å²) in [6.07, 6.45) is 1.74. The topological polar surface area (TPSA) is 86.0 Å². The summed E-state index contributed by atoms with van der Waals surface area (Å²) in [7, 11) is -2.27. The fraction of sp³-hybridized carbons (Fsp3) is 0.353. The quantitative estimate of drug-likeness (QED) is 0.731. The van der Waals surface area contributed by atoms with Crippen molar-refractivity contribution in [2.24, 2.45) is 0 Å². The molecule has 0 saturated carbocycles. The molecule has 1 aliphatic rings. The Kier molecular flexibility index (Phi) is 5.10. The van der Waals surface area contributed by atoms with E-state index in [0.717, 1.165) is 12.8 Å². The van der Waals surface area contributed by atoms with Crippen LogP contribution >= 0.6 is 0 Å². The van der Waals surface area contributed by atoms with E-state index in [0.29, 0.717) is 30.2 Å². The highest BCUT2D eigenvalue weighted by atomic mass is 32.2. The first-order chi connectivity index (χ1) is 12.0. The van der Waals surface area contributed by atoms with Crippen molar-refractivity contribution in [3.63, 3.8) is 0 Å². The summed E-state index contributed by atoms with van der Waals surface area (Å²) >= 11 is 0. The Morgan fingerprint density at radius 3 is 2.68 bits per heavy atom. The predicted molar refractivity (Wildman–Crippen MR) is 88.8 cm³/mol. The number of furan rings is 1. The number of carbonyl (C=O) groups is 1. The second-order valence-electron chi connectivity index (χ2n) is 5.64. The van der Waals surface area contributed by atoms with Crippen molar-refractivity contribution in [2.75, 3.05) is 20.2 Å². The molecule has 0 spiro atoms. The zero-order chi connectivity index (χ0) is 17.9. The third kappa shape index (κ3) is 3.85. The van der Waals surface area contributed by atoms with Crippen LogP contribution in [0.15, 0.2) is 45.9 Å². The molecule has 1 aromatic heterocycles. The first kappa shape index (κ1) is 17.5. The van der Waals surface area contributed by atoms with Crippen molar-refractivity contribution in [3.05, 3.63) is 47.7 Å². The highest BCUT2D eigenvalue weighted by molar-refractivity contribution is 7.89. The van der Waals surface area contributed by atoms with Gasteiger partial charge in [-0.1, -0.05) is 6.07 Å². The van der Waals surface area contributed by atoms with Crippen LogP contribution in [0.1, 0.15) is 29.0 Å². The lowest BCUT2D eigenvalue weighted by molar-refractivity contribution is 0.0600. The van der Waals surface area contributed by atoms with Gasteiger partial charge >= 0.3 is 5.97 Å². The number of methoxy groups -OCH3 is 1. The predicted octanol–water partition coefficient (Wildman–Crippen LogP) is 2.43. The van der Waals surface area contributed by atoms with Crippen LogP contribution in [0.4, 0.5) is 0 Å². The Balaban J connectivity index is 1.67. The number of ether oxygens (including phenoxy) is 2. The van der Waals surface area contributed by atoms with Gasteiger partial charge in [0, 0.05) is 13.1 Å². The van der Waals surface area contributed by atoms with Crippen LogP contribution < -0.4 is 4.74 Å². The lowest BCUT2D eigenvalue weighted by Crippen LogP contribution is -2.27. The highest BCUT2D eigenvalue weighted by Crippen LogP contribution is 2.23. The number of sulfonamides is 1. The Morgan fingerprint density at radius 2 is 1.96 bits per heavy atom. The fourth-order valence-corrected chi connectivity index (χ4v) is 4.06. The second kappa shape index (κ2) is 7.28. The molecule has 0 radical (unpaired) electrons. The van der Waals surface area contributed by atoms with Gasteiger partial charge in [-0.15, -0.1) is 0 Å². The zero-order valence-electron chi connectivity index (χ0n) is 13.8. The maximum atomic E-state index is 12.4. The van der Waals surface area contributed by atoms with Crippen LogP contribution in [0, 0.1) is 0 Å². The normalized spacial score (nSPS) is 15.2. The molecule has 3 rings (SSSR count). The van der Waals surface area contributed by atoms with Gasteiger partial charge in [-0.2, -0.15) is 4.31 Å². The first-order valence-corrected chi connectivity index (χ1v) is 9.35. The molecule has 0 aliphatic carbocycles. The molecule has 0 unspecified atom stereocenters. The fourth-order valence-electron chi connectivity index (χ4n) is 2.62. The van der Waals surface area contributed by atoms with Crippen molar-refractivity contribution < 1.29 is 27.1 Å². The van der Waals surface area contributed by atoms with Gasteiger partial charge in [-0.25, -0.2) is 13.2 Å². The lowest BCUT2D eigenvalue weighted by Gasteiger charge is -2.12. The maximum Gasteiger partial charge on any atom is 0.337 e. The molecular formula is C17H19NO6S.